The van der Waals surface area contributed by atoms with E-state index < -0.39 is 23.3 Å². The van der Waals surface area contributed by atoms with Crippen LogP contribution >= 0.6 is 0 Å². The van der Waals surface area contributed by atoms with Crippen molar-refractivity contribution in [2.45, 2.75) is 38.4 Å². The highest BCUT2D eigenvalue weighted by molar-refractivity contribution is 5.22. The maximum Gasteiger partial charge on any atom is 0.126 e. The van der Waals surface area contributed by atoms with Gasteiger partial charge in [-0.1, -0.05) is 13.8 Å². The van der Waals surface area contributed by atoms with E-state index in [2.05, 4.69) is 0 Å². The molecule has 1 atom stereocenters. The Kier molecular flexibility index (Phi) is 3.99. The first kappa shape index (κ1) is 13.1. The van der Waals surface area contributed by atoms with Crippen molar-refractivity contribution in [3.05, 3.63) is 35.4 Å². The molecule has 2 nitrogen and oxygen atoms in total. The Balaban J connectivity index is 3.08. The second kappa shape index (κ2) is 4.89. The summed E-state index contributed by atoms with van der Waals surface area (Å²) in [5.74, 6) is -1.52. The number of aliphatic hydroxyl groups excluding tert-OH is 1. The van der Waals surface area contributed by atoms with Crippen LogP contribution < -0.4 is 0 Å². The standard InChI is InChI=1S/C12H16F2O2/c1-3-12(16,4-2)11(15)8-5-9(13)7-10(14)6-8/h5-7,11,15-16H,3-4H2,1-2H3. The van der Waals surface area contributed by atoms with Gasteiger partial charge in [0.2, 0.25) is 0 Å². The van der Waals surface area contributed by atoms with E-state index in [1.54, 1.807) is 13.8 Å². The van der Waals surface area contributed by atoms with E-state index in [9.17, 15) is 19.0 Å². The normalized spacial score (nSPS) is 13.9. The molecule has 0 aliphatic rings. The molecule has 0 bridgehead atoms. The summed E-state index contributed by atoms with van der Waals surface area (Å²) in [5, 5.41) is 19.9. The second-order valence-corrected chi connectivity index (χ2v) is 3.92. The Morgan fingerprint density at radius 2 is 1.56 bits per heavy atom. The first-order valence-corrected chi connectivity index (χ1v) is 5.29. The number of hydrogen-bond donors (Lipinski definition) is 2. The van der Waals surface area contributed by atoms with Gasteiger partial charge in [0, 0.05) is 6.07 Å². The average molecular weight is 230 g/mol. The van der Waals surface area contributed by atoms with Crippen LogP contribution in [0.15, 0.2) is 18.2 Å². The van der Waals surface area contributed by atoms with Crippen molar-refractivity contribution in [1.29, 1.82) is 0 Å². The molecule has 0 amide bonds. The zero-order valence-electron chi connectivity index (χ0n) is 9.37. The van der Waals surface area contributed by atoms with E-state index >= 15 is 0 Å². The lowest BCUT2D eigenvalue weighted by Crippen LogP contribution is -2.35. The predicted octanol–water partition coefficient (Wildman–Crippen LogP) is 2.55. The molecule has 0 aromatic heterocycles. The maximum absolute atomic E-state index is 13.0. The van der Waals surface area contributed by atoms with Crippen molar-refractivity contribution in [2.24, 2.45) is 0 Å². The third-order valence-electron chi connectivity index (χ3n) is 2.93. The van der Waals surface area contributed by atoms with Crippen LogP contribution in [0.2, 0.25) is 0 Å². The van der Waals surface area contributed by atoms with Gasteiger partial charge < -0.3 is 10.2 Å². The molecule has 4 heteroatoms. The van der Waals surface area contributed by atoms with Gasteiger partial charge in [-0.15, -0.1) is 0 Å². The molecule has 0 radical (unpaired) electrons. The molecular weight excluding hydrogens is 214 g/mol. The van der Waals surface area contributed by atoms with Crippen molar-refractivity contribution in [1.82, 2.24) is 0 Å². The van der Waals surface area contributed by atoms with E-state index in [0.29, 0.717) is 12.8 Å². The molecule has 0 fully saturated rings. The smallest absolute Gasteiger partial charge is 0.126 e. The van der Waals surface area contributed by atoms with Gasteiger partial charge in [0.15, 0.2) is 0 Å². The third-order valence-corrected chi connectivity index (χ3v) is 2.93. The van der Waals surface area contributed by atoms with Gasteiger partial charge in [0.25, 0.3) is 0 Å². The van der Waals surface area contributed by atoms with Gasteiger partial charge in [0.05, 0.1) is 5.60 Å². The quantitative estimate of drug-likeness (QED) is 0.834. The van der Waals surface area contributed by atoms with E-state index in [1.807, 2.05) is 0 Å². The van der Waals surface area contributed by atoms with E-state index in [-0.39, 0.29) is 5.56 Å². The highest BCUT2D eigenvalue weighted by atomic mass is 19.1. The Labute approximate surface area is 93.5 Å². The van der Waals surface area contributed by atoms with Crippen LogP contribution in [0, 0.1) is 11.6 Å². The number of rotatable bonds is 4. The monoisotopic (exact) mass is 230 g/mol. The molecule has 1 aromatic rings. The zero-order chi connectivity index (χ0) is 12.3. The summed E-state index contributed by atoms with van der Waals surface area (Å²) in [6.45, 7) is 3.42. The van der Waals surface area contributed by atoms with E-state index in [4.69, 9.17) is 0 Å². The minimum atomic E-state index is -1.35. The lowest BCUT2D eigenvalue weighted by molar-refractivity contribution is -0.0822. The van der Waals surface area contributed by atoms with Gasteiger partial charge >= 0.3 is 0 Å². The Morgan fingerprint density at radius 3 is 1.94 bits per heavy atom. The molecular formula is C12H16F2O2. The molecule has 1 rings (SSSR count). The van der Waals surface area contributed by atoms with Gasteiger partial charge in [-0.2, -0.15) is 0 Å². The summed E-state index contributed by atoms with van der Waals surface area (Å²) in [4.78, 5) is 0. The first-order valence-electron chi connectivity index (χ1n) is 5.29. The Morgan fingerprint density at radius 1 is 1.12 bits per heavy atom. The van der Waals surface area contributed by atoms with E-state index in [0.717, 1.165) is 18.2 Å². The van der Waals surface area contributed by atoms with Crippen LogP contribution in [0.4, 0.5) is 8.78 Å². The average Bonchev–Trinajstić information content (AvgIpc) is 2.25. The molecule has 90 valence electrons. The molecule has 0 heterocycles. The second-order valence-electron chi connectivity index (χ2n) is 3.92. The van der Waals surface area contributed by atoms with Gasteiger partial charge in [-0.3, -0.25) is 0 Å². The molecule has 0 saturated heterocycles. The summed E-state index contributed by atoms with van der Waals surface area (Å²) < 4.78 is 25.9. The van der Waals surface area contributed by atoms with Crippen LogP contribution in [0.3, 0.4) is 0 Å². The van der Waals surface area contributed by atoms with Crippen LogP contribution in [-0.2, 0) is 0 Å². The van der Waals surface area contributed by atoms with Crippen molar-refractivity contribution in [3.63, 3.8) is 0 Å². The fraction of sp³-hybridized carbons (Fsp3) is 0.500. The molecule has 0 aliphatic heterocycles. The lowest BCUT2D eigenvalue weighted by atomic mass is 9.86. The van der Waals surface area contributed by atoms with Crippen LogP contribution in [0.5, 0.6) is 0 Å². The summed E-state index contributed by atoms with van der Waals surface area (Å²) in [7, 11) is 0. The lowest BCUT2D eigenvalue weighted by Gasteiger charge is -2.31. The van der Waals surface area contributed by atoms with Crippen molar-refractivity contribution >= 4 is 0 Å². The molecule has 2 N–H and O–H groups in total. The number of hydrogen-bond acceptors (Lipinski definition) is 2. The van der Waals surface area contributed by atoms with Crippen LogP contribution in [0.25, 0.3) is 0 Å². The maximum atomic E-state index is 13.0. The van der Waals surface area contributed by atoms with Crippen LogP contribution in [0.1, 0.15) is 38.4 Å². The van der Waals surface area contributed by atoms with Crippen molar-refractivity contribution < 1.29 is 19.0 Å². The van der Waals surface area contributed by atoms with Gasteiger partial charge in [-0.05, 0) is 30.5 Å². The molecule has 16 heavy (non-hydrogen) atoms. The van der Waals surface area contributed by atoms with Gasteiger partial charge in [0.1, 0.15) is 17.7 Å². The summed E-state index contributed by atoms with van der Waals surface area (Å²) in [6, 6.07) is 2.79. The van der Waals surface area contributed by atoms with Crippen molar-refractivity contribution in [2.75, 3.05) is 0 Å². The highest BCUT2D eigenvalue weighted by Crippen LogP contribution is 2.32. The minimum absolute atomic E-state index is 0.0590. The minimum Gasteiger partial charge on any atom is -0.387 e. The molecule has 1 unspecified atom stereocenters. The largest absolute Gasteiger partial charge is 0.387 e. The van der Waals surface area contributed by atoms with Gasteiger partial charge in [-0.25, -0.2) is 8.78 Å². The predicted molar refractivity (Wildman–Crippen MR) is 56.8 cm³/mol. The van der Waals surface area contributed by atoms with Crippen molar-refractivity contribution in [3.8, 4) is 0 Å². The highest BCUT2D eigenvalue weighted by Gasteiger charge is 2.33. The number of halogens is 2. The fourth-order valence-electron chi connectivity index (χ4n) is 1.68. The summed E-state index contributed by atoms with van der Waals surface area (Å²) in [5.41, 5.74) is -1.29. The SMILES string of the molecule is CCC(O)(CC)C(O)c1cc(F)cc(F)c1. The topological polar surface area (TPSA) is 40.5 Å². The molecule has 0 saturated carbocycles. The molecule has 0 aliphatic carbocycles. The number of benzene rings is 1. The molecule has 1 aromatic carbocycles. The zero-order valence-corrected chi connectivity index (χ0v) is 9.37. The summed E-state index contributed by atoms with van der Waals surface area (Å²) >= 11 is 0. The third kappa shape index (κ3) is 2.57. The summed E-state index contributed by atoms with van der Waals surface area (Å²) in [6.07, 6.45) is -0.668. The first-order chi connectivity index (χ1) is 7.42. The van der Waals surface area contributed by atoms with E-state index in [1.165, 1.54) is 0 Å². The number of aliphatic hydroxyl groups is 2. The Bertz CT molecular complexity index is 342. The van der Waals surface area contributed by atoms with Crippen LogP contribution in [-0.4, -0.2) is 15.8 Å². The Hall–Kier alpha value is -1.00. The molecule has 0 spiro atoms. The fourth-order valence-corrected chi connectivity index (χ4v) is 1.68.